The van der Waals surface area contributed by atoms with Gasteiger partial charge in [-0.2, -0.15) is 0 Å². The van der Waals surface area contributed by atoms with Crippen LogP contribution in [0.1, 0.15) is 13.3 Å². The third-order valence-corrected chi connectivity index (χ3v) is 4.06. The molecule has 25 heavy (non-hydrogen) atoms. The van der Waals surface area contributed by atoms with Crippen molar-refractivity contribution < 1.29 is 9.47 Å². The summed E-state index contributed by atoms with van der Waals surface area (Å²) < 4.78 is 11.1. The van der Waals surface area contributed by atoms with Gasteiger partial charge in [-0.25, -0.2) is 4.99 Å². The first-order valence-corrected chi connectivity index (χ1v) is 8.78. The number of benzene rings is 1. The van der Waals surface area contributed by atoms with Crippen molar-refractivity contribution >= 4 is 41.5 Å². The lowest BCUT2D eigenvalue weighted by molar-refractivity contribution is 0.0376. The standard InChI is InChI=1S/C17H27ClN4O2.HI/c1-14(24-16-6-3-2-5-15(16)18)13-21-17(19)20-7-4-8-22-9-11-23-12-10-22;/h2-3,5-6,14H,4,7-13H2,1H3,(H3,19,20,21);1H. The Morgan fingerprint density at radius 2 is 2.12 bits per heavy atom. The maximum absolute atomic E-state index is 6.07. The highest BCUT2D eigenvalue weighted by Gasteiger charge is 2.09. The van der Waals surface area contributed by atoms with E-state index >= 15 is 0 Å². The van der Waals surface area contributed by atoms with Crippen LogP contribution in [0, 0.1) is 0 Å². The molecule has 8 heteroatoms. The van der Waals surface area contributed by atoms with Crippen LogP contribution in [-0.2, 0) is 4.74 Å². The largest absolute Gasteiger partial charge is 0.487 e. The quantitative estimate of drug-likeness (QED) is 0.258. The van der Waals surface area contributed by atoms with Crippen molar-refractivity contribution in [2.45, 2.75) is 19.4 Å². The first-order valence-electron chi connectivity index (χ1n) is 8.40. The molecule has 3 N–H and O–H groups in total. The van der Waals surface area contributed by atoms with Crippen LogP contribution in [0.4, 0.5) is 0 Å². The topological polar surface area (TPSA) is 72.1 Å². The fourth-order valence-corrected chi connectivity index (χ4v) is 2.60. The minimum absolute atomic E-state index is 0. The predicted octanol–water partition coefficient (Wildman–Crippen LogP) is 2.35. The van der Waals surface area contributed by atoms with Gasteiger partial charge in [0.2, 0.25) is 0 Å². The van der Waals surface area contributed by atoms with Gasteiger partial charge in [-0.1, -0.05) is 23.7 Å². The zero-order valence-electron chi connectivity index (χ0n) is 14.6. The predicted molar refractivity (Wildman–Crippen MR) is 113 cm³/mol. The first kappa shape index (κ1) is 22.3. The number of nitrogens with one attached hydrogen (secondary N) is 1. The fourth-order valence-electron chi connectivity index (χ4n) is 2.42. The van der Waals surface area contributed by atoms with E-state index in [-0.39, 0.29) is 30.1 Å². The Morgan fingerprint density at radius 3 is 2.84 bits per heavy atom. The lowest BCUT2D eigenvalue weighted by Gasteiger charge is -2.26. The summed E-state index contributed by atoms with van der Waals surface area (Å²) in [5, 5.41) is 3.74. The van der Waals surface area contributed by atoms with Crippen molar-refractivity contribution in [1.29, 1.82) is 0 Å². The highest BCUT2D eigenvalue weighted by atomic mass is 127. The molecule has 6 nitrogen and oxygen atoms in total. The number of halogens is 2. The van der Waals surface area contributed by atoms with Gasteiger partial charge in [-0.05, 0) is 32.0 Å². The van der Waals surface area contributed by atoms with Crippen LogP contribution in [0.5, 0.6) is 5.75 Å². The number of para-hydroxylation sites is 1. The third kappa shape index (κ3) is 8.94. The first-order chi connectivity index (χ1) is 11.6. The zero-order valence-corrected chi connectivity index (χ0v) is 17.7. The van der Waals surface area contributed by atoms with Gasteiger partial charge in [0.15, 0.2) is 5.96 Å². The van der Waals surface area contributed by atoms with Gasteiger partial charge >= 0.3 is 0 Å². The van der Waals surface area contributed by atoms with Crippen molar-refractivity contribution in [1.82, 2.24) is 10.2 Å². The molecule has 0 aromatic heterocycles. The lowest BCUT2D eigenvalue weighted by Crippen LogP contribution is -2.39. The van der Waals surface area contributed by atoms with Crippen molar-refractivity contribution in [2.75, 3.05) is 45.9 Å². The van der Waals surface area contributed by atoms with E-state index in [1.807, 2.05) is 25.1 Å². The number of ether oxygens (including phenoxy) is 2. The van der Waals surface area contributed by atoms with Gasteiger partial charge in [-0.3, -0.25) is 4.90 Å². The van der Waals surface area contributed by atoms with Crippen LogP contribution in [0.15, 0.2) is 29.3 Å². The number of nitrogens with zero attached hydrogens (tertiary/aromatic N) is 2. The molecule has 1 fully saturated rings. The summed E-state index contributed by atoms with van der Waals surface area (Å²) in [6, 6.07) is 7.41. The van der Waals surface area contributed by atoms with Crippen LogP contribution in [0.2, 0.25) is 5.02 Å². The van der Waals surface area contributed by atoms with Crippen LogP contribution in [0.25, 0.3) is 0 Å². The minimum Gasteiger partial charge on any atom is -0.487 e. The molecular weight excluding hydrogens is 455 g/mol. The summed E-state index contributed by atoms with van der Waals surface area (Å²) in [4.78, 5) is 6.72. The monoisotopic (exact) mass is 482 g/mol. The Bertz CT molecular complexity index is 527. The summed E-state index contributed by atoms with van der Waals surface area (Å²) >= 11 is 6.07. The summed E-state index contributed by atoms with van der Waals surface area (Å²) in [6.07, 6.45) is 0.931. The Kier molecular flexibility index (Phi) is 11.2. The maximum Gasteiger partial charge on any atom is 0.188 e. The maximum atomic E-state index is 6.07. The molecule has 1 saturated heterocycles. The van der Waals surface area contributed by atoms with E-state index in [2.05, 4.69) is 15.2 Å². The number of rotatable bonds is 8. The molecule has 1 heterocycles. The number of nitrogens with two attached hydrogens (primary N) is 1. The van der Waals surface area contributed by atoms with E-state index in [0.717, 1.165) is 45.8 Å². The van der Waals surface area contributed by atoms with Gasteiger partial charge in [-0.15, -0.1) is 24.0 Å². The van der Waals surface area contributed by atoms with Gasteiger partial charge in [0.25, 0.3) is 0 Å². The van der Waals surface area contributed by atoms with E-state index in [1.165, 1.54) is 0 Å². The average molecular weight is 483 g/mol. The number of aliphatic imine (C=N–C) groups is 1. The van der Waals surface area contributed by atoms with Crippen LogP contribution < -0.4 is 15.8 Å². The highest BCUT2D eigenvalue weighted by Crippen LogP contribution is 2.24. The van der Waals surface area contributed by atoms with Gasteiger partial charge < -0.3 is 20.5 Å². The van der Waals surface area contributed by atoms with Gasteiger partial charge in [0.05, 0.1) is 24.8 Å². The van der Waals surface area contributed by atoms with Crippen molar-refractivity contribution in [2.24, 2.45) is 10.7 Å². The molecule has 0 amide bonds. The Balaban J connectivity index is 0.00000312. The second-order valence-corrected chi connectivity index (χ2v) is 6.23. The van der Waals surface area contributed by atoms with Crippen LogP contribution >= 0.6 is 35.6 Å². The second-order valence-electron chi connectivity index (χ2n) is 5.82. The average Bonchev–Trinajstić information content (AvgIpc) is 2.60. The molecular formula is C17H28ClIN4O2. The summed E-state index contributed by atoms with van der Waals surface area (Å²) in [7, 11) is 0. The summed E-state index contributed by atoms with van der Waals surface area (Å²) in [6.45, 7) is 7.98. The number of hydrogen-bond donors (Lipinski definition) is 2. The van der Waals surface area contributed by atoms with Crippen molar-refractivity contribution in [3.05, 3.63) is 29.3 Å². The third-order valence-electron chi connectivity index (χ3n) is 3.74. The van der Waals surface area contributed by atoms with E-state index in [0.29, 0.717) is 23.3 Å². The smallest absolute Gasteiger partial charge is 0.188 e. The SMILES string of the molecule is CC(CN=C(N)NCCCN1CCOCC1)Oc1ccccc1Cl.I. The van der Waals surface area contributed by atoms with Crippen molar-refractivity contribution in [3.8, 4) is 5.75 Å². The molecule has 1 aliphatic heterocycles. The zero-order chi connectivity index (χ0) is 17.2. The molecule has 1 atom stereocenters. The molecule has 0 aliphatic carbocycles. The normalized spacial score (nSPS) is 16.8. The second kappa shape index (κ2) is 12.6. The lowest BCUT2D eigenvalue weighted by atomic mass is 10.3. The van der Waals surface area contributed by atoms with Gasteiger partial charge in [0, 0.05) is 19.6 Å². The molecule has 1 aromatic rings. The number of guanidine groups is 1. The summed E-state index contributed by atoms with van der Waals surface area (Å²) in [5.41, 5.74) is 5.89. The Hall–Kier alpha value is -0.770. The minimum atomic E-state index is -0.0985. The van der Waals surface area contributed by atoms with E-state index in [4.69, 9.17) is 26.8 Å². The van der Waals surface area contributed by atoms with Crippen LogP contribution in [0.3, 0.4) is 0 Å². The molecule has 142 valence electrons. The van der Waals surface area contributed by atoms with E-state index in [9.17, 15) is 0 Å². The molecule has 2 rings (SSSR count). The Labute approximate surface area is 172 Å². The van der Waals surface area contributed by atoms with Crippen molar-refractivity contribution in [3.63, 3.8) is 0 Å². The van der Waals surface area contributed by atoms with Crippen LogP contribution in [-0.4, -0.2) is 62.9 Å². The van der Waals surface area contributed by atoms with Gasteiger partial charge in [0.1, 0.15) is 11.9 Å². The molecule has 0 bridgehead atoms. The molecule has 0 saturated carbocycles. The number of morpholine rings is 1. The molecule has 1 aliphatic rings. The fraction of sp³-hybridized carbons (Fsp3) is 0.588. The molecule has 1 aromatic carbocycles. The summed E-state index contributed by atoms with van der Waals surface area (Å²) in [5.74, 6) is 1.12. The molecule has 0 spiro atoms. The van der Waals surface area contributed by atoms with E-state index in [1.54, 1.807) is 6.07 Å². The number of hydrogen-bond acceptors (Lipinski definition) is 4. The molecule has 0 radical (unpaired) electrons. The van der Waals surface area contributed by atoms with E-state index < -0.39 is 0 Å². The highest BCUT2D eigenvalue weighted by molar-refractivity contribution is 14.0. The Morgan fingerprint density at radius 1 is 1.40 bits per heavy atom. The molecule has 1 unspecified atom stereocenters.